The topological polar surface area (TPSA) is 60.3 Å². The summed E-state index contributed by atoms with van der Waals surface area (Å²) in [6.45, 7) is 5.52. The largest absolute Gasteiger partial charge is 0.497 e. The van der Waals surface area contributed by atoms with Crippen LogP contribution in [-0.4, -0.2) is 45.0 Å². The molecule has 0 fully saturated rings. The number of aromatic nitrogens is 3. The summed E-state index contributed by atoms with van der Waals surface area (Å²) >= 11 is 1.42. The Bertz CT molecular complexity index is 968. The van der Waals surface area contributed by atoms with Gasteiger partial charge in [0.15, 0.2) is 11.0 Å². The molecule has 3 rings (SSSR count). The van der Waals surface area contributed by atoms with E-state index < -0.39 is 0 Å². The molecule has 158 valence electrons. The highest BCUT2D eigenvalue weighted by Crippen LogP contribution is 2.24. The lowest BCUT2D eigenvalue weighted by Gasteiger charge is -2.22. The Labute approximate surface area is 182 Å². The van der Waals surface area contributed by atoms with Gasteiger partial charge in [-0.2, -0.15) is 0 Å². The number of rotatable bonds is 9. The van der Waals surface area contributed by atoms with E-state index in [0.717, 1.165) is 40.8 Å². The van der Waals surface area contributed by atoms with Crippen molar-refractivity contribution in [2.24, 2.45) is 7.05 Å². The van der Waals surface area contributed by atoms with Gasteiger partial charge in [0.05, 0.1) is 12.9 Å². The first-order chi connectivity index (χ1) is 14.5. The minimum Gasteiger partial charge on any atom is -0.497 e. The van der Waals surface area contributed by atoms with Crippen LogP contribution in [0.25, 0.3) is 11.4 Å². The van der Waals surface area contributed by atoms with Crippen molar-refractivity contribution in [1.82, 2.24) is 19.7 Å². The summed E-state index contributed by atoms with van der Waals surface area (Å²) in [6.07, 6.45) is 0.924. The van der Waals surface area contributed by atoms with Crippen LogP contribution in [0, 0.1) is 6.92 Å². The summed E-state index contributed by atoms with van der Waals surface area (Å²) in [4.78, 5) is 14.8. The molecule has 0 unspecified atom stereocenters. The fourth-order valence-corrected chi connectivity index (χ4v) is 3.94. The first kappa shape index (κ1) is 21.9. The maximum Gasteiger partial charge on any atom is 0.233 e. The molecular formula is C23H28N4O2S. The van der Waals surface area contributed by atoms with E-state index in [4.69, 9.17) is 4.74 Å². The monoisotopic (exact) mass is 424 g/mol. The van der Waals surface area contributed by atoms with Crippen molar-refractivity contribution in [3.63, 3.8) is 0 Å². The second-order valence-electron chi connectivity index (χ2n) is 7.18. The fourth-order valence-electron chi connectivity index (χ4n) is 3.13. The van der Waals surface area contributed by atoms with Crippen LogP contribution in [0.2, 0.25) is 0 Å². The molecule has 0 radical (unpaired) electrons. The number of aryl methyl sites for hydroxylation is 1. The van der Waals surface area contributed by atoms with Gasteiger partial charge in [-0.05, 0) is 43.2 Å². The Balaban J connectivity index is 1.65. The third-order valence-electron chi connectivity index (χ3n) is 4.85. The van der Waals surface area contributed by atoms with Gasteiger partial charge in [0.25, 0.3) is 0 Å². The average Bonchev–Trinajstić information content (AvgIpc) is 3.13. The summed E-state index contributed by atoms with van der Waals surface area (Å²) in [5.41, 5.74) is 3.32. The van der Waals surface area contributed by atoms with Crippen molar-refractivity contribution in [2.75, 3.05) is 19.4 Å². The second kappa shape index (κ2) is 10.3. The lowest BCUT2D eigenvalue weighted by atomic mass is 10.1. The number of nitrogens with zero attached hydrogens (tertiary/aromatic N) is 4. The van der Waals surface area contributed by atoms with Crippen molar-refractivity contribution < 1.29 is 9.53 Å². The number of carbonyl (C=O) groups excluding carboxylic acids is 1. The van der Waals surface area contributed by atoms with Crippen molar-refractivity contribution in [3.8, 4) is 17.1 Å². The van der Waals surface area contributed by atoms with Gasteiger partial charge in [-0.3, -0.25) is 4.79 Å². The molecule has 0 aliphatic heterocycles. The number of thioether (sulfide) groups is 1. The molecule has 0 atom stereocenters. The summed E-state index contributed by atoms with van der Waals surface area (Å²) < 4.78 is 7.13. The molecule has 0 saturated carbocycles. The van der Waals surface area contributed by atoms with Crippen LogP contribution in [0.3, 0.4) is 0 Å². The molecule has 0 N–H and O–H groups in total. The van der Waals surface area contributed by atoms with E-state index in [1.54, 1.807) is 7.11 Å². The SMILES string of the molecule is CCCN(Cc1ccc(C)cc1)C(=O)CSc1nnc(-c2ccc(OC)cc2)n1C. The molecule has 7 heteroatoms. The van der Waals surface area contributed by atoms with Crippen LogP contribution >= 0.6 is 11.8 Å². The quantitative estimate of drug-likeness (QED) is 0.479. The lowest BCUT2D eigenvalue weighted by molar-refractivity contribution is -0.129. The minimum atomic E-state index is 0.108. The van der Waals surface area contributed by atoms with Crippen LogP contribution in [-0.2, 0) is 18.4 Å². The minimum absolute atomic E-state index is 0.108. The lowest BCUT2D eigenvalue weighted by Crippen LogP contribution is -2.32. The van der Waals surface area contributed by atoms with Crippen LogP contribution in [0.15, 0.2) is 53.7 Å². The molecular weight excluding hydrogens is 396 g/mol. The Kier molecular flexibility index (Phi) is 7.52. The third-order valence-corrected chi connectivity index (χ3v) is 5.85. The normalized spacial score (nSPS) is 10.8. The molecule has 0 saturated heterocycles. The number of carbonyl (C=O) groups is 1. The summed E-state index contributed by atoms with van der Waals surface area (Å²) in [7, 11) is 3.56. The smallest absolute Gasteiger partial charge is 0.233 e. The summed E-state index contributed by atoms with van der Waals surface area (Å²) in [5.74, 6) is 2.00. The highest BCUT2D eigenvalue weighted by molar-refractivity contribution is 7.99. The van der Waals surface area contributed by atoms with E-state index in [0.29, 0.717) is 12.3 Å². The van der Waals surface area contributed by atoms with E-state index in [9.17, 15) is 4.79 Å². The molecule has 1 amide bonds. The Morgan fingerprint density at radius 3 is 2.43 bits per heavy atom. The zero-order valence-corrected chi connectivity index (χ0v) is 18.8. The average molecular weight is 425 g/mol. The van der Waals surface area contributed by atoms with Crippen molar-refractivity contribution in [1.29, 1.82) is 0 Å². The Hall–Kier alpha value is -2.80. The summed E-state index contributed by atoms with van der Waals surface area (Å²) in [5, 5.41) is 9.31. The molecule has 30 heavy (non-hydrogen) atoms. The van der Waals surface area contributed by atoms with E-state index in [-0.39, 0.29) is 5.91 Å². The van der Waals surface area contributed by atoms with Gasteiger partial charge in [0.1, 0.15) is 5.75 Å². The maximum absolute atomic E-state index is 12.9. The van der Waals surface area contributed by atoms with Crippen LogP contribution in [0.5, 0.6) is 5.75 Å². The number of amides is 1. The number of hydrogen-bond donors (Lipinski definition) is 0. The molecule has 0 aliphatic rings. The van der Waals surface area contributed by atoms with Crippen molar-refractivity contribution in [2.45, 2.75) is 32.0 Å². The molecule has 1 heterocycles. The zero-order valence-electron chi connectivity index (χ0n) is 18.0. The van der Waals surface area contributed by atoms with Gasteiger partial charge >= 0.3 is 0 Å². The Morgan fingerprint density at radius 2 is 1.80 bits per heavy atom. The number of methoxy groups -OCH3 is 1. The standard InChI is InChI=1S/C23H28N4O2S/c1-5-14-27(15-18-8-6-17(2)7-9-18)21(28)16-30-23-25-24-22(26(23)3)19-10-12-20(29-4)13-11-19/h6-13H,5,14-16H2,1-4H3. The molecule has 6 nitrogen and oxygen atoms in total. The molecule has 0 aliphatic carbocycles. The maximum atomic E-state index is 12.9. The molecule has 3 aromatic rings. The number of benzene rings is 2. The third kappa shape index (κ3) is 5.42. The molecule has 0 spiro atoms. The van der Waals surface area contributed by atoms with Gasteiger partial charge in [0.2, 0.25) is 5.91 Å². The first-order valence-corrected chi connectivity index (χ1v) is 11.0. The van der Waals surface area contributed by atoms with Crippen molar-refractivity contribution >= 4 is 17.7 Å². The predicted octanol–water partition coefficient (Wildman–Crippen LogP) is 4.33. The van der Waals surface area contributed by atoms with Crippen LogP contribution < -0.4 is 4.74 Å². The van der Waals surface area contributed by atoms with Gasteiger partial charge in [-0.25, -0.2) is 0 Å². The highest BCUT2D eigenvalue weighted by Gasteiger charge is 2.17. The van der Waals surface area contributed by atoms with Crippen LogP contribution in [0.4, 0.5) is 0 Å². The molecule has 1 aromatic heterocycles. The van der Waals surface area contributed by atoms with E-state index in [2.05, 4.69) is 48.3 Å². The zero-order chi connectivity index (χ0) is 21.5. The van der Waals surface area contributed by atoms with Gasteiger partial charge in [-0.1, -0.05) is 48.5 Å². The number of hydrogen-bond acceptors (Lipinski definition) is 5. The second-order valence-corrected chi connectivity index (χ2v) is 8.13. The van der Waals surface area contributed by atoms with E-state index in [1.807, 2.05) is 40.8 Å². The Morgan fingerprint density at radius 1 is 1.10 bits per heavy atom. The van der Waals surface area contributed by atoms with E-state index in [1.165, 1.54) is 17.3 Å². The summed E-state index contributed by atoms with van der Waals surface area (Å²) in [6, 6.07) is 16.0. The number of ether oxygens (including phenoxy) is 1. The van der Waals surface area contributed by atoms with Crippen LogP contribution in [0.1, 0.15) is 24.5 Å². The predicted molar refractivity (Wildman–Crippen MR) is 121 cm³/mol. The van der Waals surface area contributed by atoms with Gasteiger partial charge in [0, 0.05) is 25.7 Å². The van der Waals surface area contributed by atoms with Gasteiger partial charge < -0.3 is 14.2 Å². The van der Waals surface area contributed by atoms with Gasteiger partial charge in [-0.15, -0.1) is 10.2 Å². The highest BCUT2D eigenvalue weighted by atomic mass is 32.2. The molecule has 2 aromatic carbocycles. The van der Waals surface area contributed by atoms with E-state index >= 15 is 0 Å². The fraction of sp³-hybridized carbons (Fsp3) is 0.348. The van der Waals surface area contributed by atoms with Crippen molar-refractivity contribution in [3.05, 3.63) is 59.7 Å². The molecule has 0 bridgehead atoms. The first-order valence-electron chi connectivity index (χ1n) is 10.0.